The van der Waals surface area contributed by atoms with Crippen molar-refractivity contribution in [1.82, 2.24) is 20.3 Å². The Labute approximate surface area is 145 Å². The number of hydrogen-bond acceptors (Lipinski definition) is 4. The van der Waals surface area contributed by atoms with Gasteiger partial charge in [0.15, 0.2) is 5.65 Å². The van der Waals surface area contributed by atoms with Gasteiger partial charge in [0.1, 0.15) is 11.3 Å². The van der Waals surface area contributed by atoms with Gasteiger partial charge >= 0.3 is 0 Å². The van der Waals surface area contributed by atoms with Crippen LogP contribution >= 0.6 is 0 Å². The number of fused-ring (bicyclic) bond motifs is 2. The fourth-order valence-corrected chi connectivity index (χ4v) is 2.84. The third-order valence-electron chi connectivity index (χ3n) is 4.11. The minimum Gasteiger partial charge on any atom is -0.437 e. The lowest BCUT2D eigenvalue weighted by Gasteiger charge is -2.07. The lowest BCUT2D eigenvalue weighted by molar-refractivity contribution is 0.0955. The van der Waals surface area contributed by atoms with Crippen molar-refractivity contribution < 1.29 is 9.53 Å². The molecule has 126 valence electrons. The molecule has 1 aliphatic rings. The molecule has 2 aromatic heterocycles. The summed E-state index contributed by atoms with van der Waals surface area (Å²) in [6.07, 6.45) is 9.22. The van der Waals surface area contributed by atoms with E-state index in [0.29, 0.717) is 34.9 Å². The van der Waals surface area contributed by atoms with Crippen molar-refractivity contribution in [1.29, 1.82) is 0 Å². The molecule has 2 N–H and O–H groups in total. The van der Waals surface area contributed by atoms with Crippen LogP contribution in [0.5, 0.6) is 11.6 Å². The fraction of sp³-hybridized carbons (Fsp3) is 0.211. The molecule has 6 nitrogen and oxygen atoms in total. The molecule has 6 heteroatoms. The predicted octanol–water partition coefficient (Wildman–Crippen LogP) is 3.46. The van der Waals surface area contributed by atoms with Gasteiger partial charge in [0.25, 0.3) is 5.91 Å². The topological polar surface area (TPSA) is 79.9 Å². The third kappa shape index (κ3) is 2.98. The second-order valence-corrected chi connectivity index (χ2v) is 5.93. The van der Waals surface area contributed by atoms with Gasteiger partial charge in [0, 0.05) is 12.7 Å². The molecule has 2 heterocycles. The van der Waals surface area contributed by atoms with E-state index in [0.717, 1.165) is 18.4 Å². The SMILES string of the molecule is CCCNC(=O)c1c[nH]c2ncc(Oc3ccc4c(c3)C=CC4)nc12. The van der Waals surface area contributed by atoms with Crippen LogP contribution in [-0.4, -0.2) is 27.4 Å². The van der Waals surface area contributed by atoms with E-state index in [1.54, 1.807) is 12.4 Å². The molecule has 0 atom stereocenters. The largest absolute Gasteiger partial charge is 0.437 e. The van der Waals surface area contributed by atoms with Gasteiger partial charge in [-0.15, -0.1) is 0 Å². The highest BCUT2D eigenvalue weighted by molar-refractivity contribution is 6.04. The first-order valence-corrected chi connectivity index (χ1v) is 8.34. The van der Waals surface area contributed by atoms with Crippen LogP contribution in [0.4, 0.5) is 0 Å². The molecule has 0 bridgehead atoms. The summed E-state index contributed by atoms with van der Waals surface area (Å²) in [4.78, 5) is 24.0. The first kappa shape index (κ1) is 15.4. The Hall–Kier alpha value is -3.15. The molecule has 0 radical (unpaired) electrons. The molecule has 0 saturated carbocycles. The fourth-order valence-electron chi connectivity index (χ4n) is 2.84. The second-order valence-electron chi connectivity index (χ2n) is 5.93. The number of rotatable bonds is 5. The van der Waals surface area contributed by atoms with E-state index in [-0.39, 0.29) is 5.91 Å². The van der Waals surface area contributed by atoms with E-state index < -0.39 is 0 Å². The number of ether oxygens (including phenoxy) is 1. The number of nitrogens with one attached hydrogen (secondary N) is 2. The summed E-state index contributed by atoms with van der Waals surface area (Å²) in [5, 5.41) is 2.85. The summed E-state index contributed by atoms with van der Waals surface area (Å²) < 4.78 is 5.84. The second kappa shape index (κ2) is 6.39. The van der Waals surface area contributed by atoms with E-state index in [1.165, 1.54) is 5.56 Å². The summed E-state index contributed by atoms with van der Waals surface area (Å²) in [5.41, 5.74) is 3.98. The number of carbonyl (C=O) groups is 1. The van der Waals surface area contributed by atoms with Crippen molar-refractivity contribution in [2.24, 2.45) is 0 Å². The zero-order valence-corrected chi connectivity index (χ0v) is 13.9. The molecule has 1 aromatic carbocycles. The minimum atomic E-state index is -0.165. The molecular weight excluding hydrogens is 316 g/mol. The van der Waals surface area contributed by atoms with Gasteiger partial charge < -0.3 is 15.0 Å². The maximum atomic E-state index is 12.2. The number of nitrogens with zero attached hydrogens (tertiary/aromatic N) is 2. The maximum absolute atomic E-state index is 12.2. The standard InChI is InChI=1S/C19H18N4O2/c1-2-8-20-19(24)15-10-21-18-17(15)23-16(11-22-18)25-14-7-6-12-4-3-5-13(12)9-14/h3,5-7,9-11H,2,4,8H2,1H3,(H,20,24)(H,21,22). The van der Waals surface area contributed by atoms with Crippen LogP contribution in [0.15, 0.2) is 36.7 Å². The molecule has 0 fully saturated rings. The Bertz CT molecular complexity index is 975. The zero-order chi connectivity index (χ0) is 17.2. The van der Waals surface area contributed by atoms with Crippen molar-refractivity contribution in [3.05, 3.63) is 53.4 Å². The average Bonchev–Trinajstić information content (AvgIpc) is 3.25. The monoisotopic (exact) mass is 334 g/mol. The van der Waals surface area contributed by atoms with Gasteiger partial charge in [-0.25, -0.2) is 9.97 Å². The Kier molecular flexibility index (Phi) is 3.93. The van der Waals surface area contributed by atoms with Crippen LogP contribution in [0.1, 0.15) is 34.8 Å². The number of aromatic nitrogens is 3. The molecule has 0 aliphatic heterocycles. The molecular formula is C19H18N4O2. The van der Waals surface area contributed by atoms with E-state index >= 15 is 0 Å². The summed E-state index contributed by atoms with van der Waals surface area (Å²) in [5.74, 6) is 0.896. The summed E-state index contributed by atoms with van der Waals surface area (Å²) in [6.45, 7) is 2.63. The highest BCUT2D eigenvalue weighted by Gasteiger charge is 2.15. The Balaban J connectivity index is 1.62. The number of carbonyl (C=O) groups excluding carboxylic acids is 1. The van der Waals surface area contributed by atoms with Crippen LogP contribution in [0.2, 0.25) is 0 Å². The molecule has 0 unspecified atom stereocenters. The van der Waals surface area contributed by atoms with Gasteiger partial charge in [-0.05, 0) is 36.1 Å². The van der Waals surface area contributed by atoms with Crippen LogP contribution in [-0.2, 0) is 6.42 Å². The Morgan fingerprint density at radius 3 is 3.20 bits per heavy atom. The van der Waals surface area contributed by atoms with Gasteiger partial charge in [-0.3, -0.25) is 4.79 Å². The van der Waals surface area contributed by atoms with E-state index in [2.05, 4.69) is 38.5 Å². The number of hydrogen-bond donors (Lipinski definition) is 2. The van der Waals surface area contributed by atoms with Gasteiger partial charge in [0.05, 0.1) is 11.8 Å². The lowest BCUT2D eigenvalue weighted by Crippen LogP contribution is -2.23. The molecule has 1 amide bonds. The summed E-state index contributed by atoms with van der Waals surface area (Å²) in [7, 11) is 0. The highest BCUT2D eigenvalue weighted by atomic mass is 16.5. The predicted molar refractivity (Wildman–Crippen MR) is 95.8 cm³/mol. The third-order valence-corrected chi connectivity index (χ3v) is 4.11. The molecule has 3 aromatic rings. The van der Waals surface area contributed by atoms with Crippen molar-refractivity contribution in [3.63, 3.8) is 0 Å². The number of benzene rings is 1. The van der Waals surface area contributed by atoms with E-state index in [4.69, 9.17) is 4.74 Å². The quantitative estimate of drug-likeness (QED) is 0.749. The molecule has 0 spiro atoms. The smallest absolute Gasteiger partial charge is 0.255 e. The van der Waals surface area contributed by atoms with Crippen molar-refractivity contribution in [2.45, 2.75) is 19.8 Å². The summed E-state index contributed by atoms with van der Waals surface area (Å²) in [6, 6.07) is 5.96. The van der Waals surface area contributed by atoms with E-state index in [9.17, 15) is 4.79 Å². The van der Waals surface area contributed by atoms with Crippen LogP contribution in [0.25, 0.3) is 17.2 Å². The lowest BCUT2D eigenvalue weighted by atomic mass is 10.1. The van der Waals surface area contributed by atoms with Gasteiger partial charge in [0.2, 0.25) is 5.88 Å². The Morgan fingerprint density at radius 1 is 1.40 bits per heavy atom. The van der Waals surface area contributed by atoms with Crippen LogP contribution in [0, 0.1) is 0 Å². The number of allylic oxidation sites excluding steroid dienone is 1. The number of aromatic amines is 1. The first-order chi connectivity index (χ1) is 12.2. The number of H-pyrrole nitrogens is 1. The zero-order valence-electron chi connectivity index (χ0n) is 13.9. The Morgan fingerprint density at radius 2 is 2.32 bits per heavy atom. The van der Waals surface area contributed by atoms with Crippen LogP contribution < -0.4 is 10.1 Å². The van der Waals surface area contributed by atoms with Crippen molar-refractivity contribution in [3.8, 4) is 11.6 Å². The molecule has 1 aliphatic carbocycles. The van der Waals surface area contributed by atoms with Crippen molar-refractivity contribution in [2.75, 3.05) is 6.54 Å². The van der Waals surface area contributed by atoms with Gasteiger partial charge in [-0.1, -0.05) is 25.1 Å². The summed E-state index contributed by atoms with van der Waals surface area (Å²) >= 11 is 0. The molecule has 25 heavy (non-hydrogen) atoms. The minimum absolute atomic E-state index is 0.165. The van der Waals surface area contributed by atoms with Crippen LogP contribution in [0.3, 0.4) is 0 Å². The normalized spacial score (nSPS) is 12.4. The number of amides is 1. The molecule has 4 rings (SSSR count). The van der Waals surface area contributed by atoms with Gasteiger partial charge in [-0.2, -0.15) is 0 Å². The first-order valence-electron chi connectivity index (χ1n) is 8.34. The maximum Gasteiger partial charge on any atom is 0.255 e. The van der Waals surface area contributed by atoms with Crippen molar-refractivity contribution >= 4 is 23.1 Å². The average molecular weight is 334 g/mol. The highest BCUT2D eigenvalue weighted by Crippen LogP contribution is 2.27. The van der Waals surface area contributed by atoms with E-state index in [1.807, 2.05) is 19.1 Å². The molecule has 0 saturated heterocycles.